The molecule has 7 atom stereocenters. The van der Waals surface area contributed by atoms with E-state index in [0.29, 0.717) is 30.6 Å². The normalized spacial score (nSPS) is 53.2. The molecule has 0 amide bonds. The summed E-state index contributed by atoms with van der Waals surface area (Å²) in [6.45, 7) is 8.50. The Hall–Kier alpha value is -1.14. The summed E-state index contributed by atoms with van der Waals surface area (Å²) >= 11 is 0. The van der Waals surface area contributed by atoms with Crippen molar-refractivity contribution in [2.24, 2.45) is 34.5 Å². The summed E-state index contributed by atoms with van der Waals surface area (Å²) in [7, 11) is 0. The minimum atomic E-state index is -0.650. The lowest BCUT2D eigenvalue weighted by atomic mass is 9.47. The number of carbonyl (C=O) groups is 1. The van der Waals surface area contributed by atoms with Crippen molar-refractivity contribution >= 4 is 5.78 Å². The van der Waals surface area contributed by atoms with Crippen molar-refractivity contribution in [1.82, 2.24) is 0 Å². The Morgan fingerprint density at radius 1 is 1.36 bits per heavy atom. The second-order valence-electron chi connectivity index (χ2n) is 8.55. The van der Waals surface area contributed by atoms with E-state index in [4.69, 9.17) is 5.26 Å². The molecule has 2 bridgehead atoms. The van der Waals surface area contributed by atoms with Crippen LogP contribution in [0.15, 0.2) is 12.2 Å². The largest absolute Gasteiger partial charge is 0.390 e. The molecule has 0 radical (unpaired) electrons. The molecule has 2 saturated carbocycles. The van der Waals surface area contributed by atoms with Gasteiger partial charge < -0.3 is 5.11 Å². The molecule has 0 aliphatic heterocycles. The summed E-state index contributed by atoms with van der Waals surface area (Å²) in [6, 6.07) is 2.21. The van der Waals surface area contributed by atoms with Crippen LogP contribution in [0.2, 0.25) is 0 Å². The molecule has 0 aromatic carbocycles. The zero-order valence-electron chi connectivity index (χ0n) is 14.1. The van der Waals surface area contributed by atoms with Gasteiger partial charge in [0, 0.05) is 11.8 Å². The smallest absolute Gasteiger partial charge is 0.161 e. The fourth-order valence-corrected chi connectivity index (χ4v) is 6.31. The molecule has 0 heterocycles. The average molecular weight is 301 g/mol. The Morgan fingerprint density at radius 2 is 2.05 bits per heavy atom. The second-order valence-corrected chi connectivity index (χ2v) is 8.55. The van der Waals surface area contributed by atoms with Crippen LogP contribution in [-0.2, 0) is 4.79 Å². The fourth-order valence-electron chi connectivity index (χ4n) is 6.31. The second kappa shape index (κ2) is 4.68. The predicted octanol–water partition coefficient (Wildman–Crippen LogP) is 3.48. The maximum Gasteiger partial charge on any atom is 0.161 e. The fraction of sp³-hybridized carbons (Fsp3) is 0.789. The highest BCUT2D eigenvalue weighted by molar-refractivity contribution is 5.96. The maximum absolute atomic E-state index is 12.7. The summed E-state index contributed by atoms with van der Waals surface area (Å²) in [4.78, 5) is 12.7. The van der Waals surface area contributed by atoms with Gasteiger partial charge >= 0.3 is 0 Å². The molecule has 22 heavy (non-hydrogen) atoms. The topological polar surface area (TPSA) is 61.1 Å². The van der Waals surface area contributed by atoms with Crippen molar-refractivity contribution in [3.05, 3.63) is 12.2 Å². The Labute approximate surface area is 133 Å². The minimum Gasteiger partial charge on any atom is -0.390 e. The van der Waals surface area contributed by atoms with Gasteiger partial charge in [0.05, 0.1) is 11.7 Å². The number of fused-ring (bicyclic) bond motifs is 1. The molecule has 1 N–H and O–H groups in total. The van der Waals surface area contributed by atoms with Crippen LogP contribution in [0.4, 0.5) is 0 Å². The summed E-state index contributed by atoms with van der Waals surface area (Å²) in [5.74, 6) is 1.48. The van der Waals surface area contributed by atoms with E-state index in [9.17, 15) is 9.90 Å². The van der Waals surface area contributed by atoms with E-state index >= 15 is 0 Å². The van der Waals surface area contributed by atoms with Crippen LogP contribution in [0.3, 0.4) is 0 Å². The van der Waals surface area contributed by atoms with Crippen LogP contribution in [0, 0.1) is 45.8 Å². The highest BCUT2D eigenvalue weighted by Gasteiger charge is 2.66. The summed E-state index contributed by atoms with van der Waals surface area (Å²) in [5, 5.41) is 19.9. The number of ketones is 1. The highest BCUT2D eigenvalue weighted by Crippen LogP contribution is 2.68. The van der Waals surface area contributed by atoms with Crippen LogP contribution in [0.1, 0.15) is 53.4 Å². The van der Waals surface area contributed by atoms with E-state index in [1.54, 1.807) is 6.08 Å². The molecule has 3 aliphatic carbocycles. The molecule has 5 unspecified atom stereocenters. The highest BCUT2D eigenvalue weighted by atomic mass is 16.3. The van der Waals surface area contributed by atoms with Gasteiger partial charge in [0.1, 0.15) is 0 Å². The number of hydrogen-bond acceptors (Lipinski definition) is 3. The summed E-state index contributed by atoms with van der Waals surface area (Å²) in [5.41, 5.74) is -1.19. The van der Waals surface area contributed by atoms with E-state index in [2.05, 4.69) is 32.9 Å². The quantitative estimate of drug-likeness (QED) is 0.849. The number of carbonyl (C=O) groups excluding carboxylic acids is 1. The zero-order valence-corrected chi connectivity index (χ0v) is 14.1. The van der Waals surface area contributed by atoms with Gasteiger partial charge in [0.2, 0.25) is 0 Å². The van der Waals surface area contributed by atoms with Crippen LogP contribution >= 0.6 is 0 Å². The number of hydrogen-bond donors (Lipinski definition) is 1. The lowest BCUT2D eigenvalue weighted by Crippen LogP contribution is -2.53. The summed E-state index contributed by atoms with van der Waals surface area (Å²) < 4.78 is 0. The van der Waals surface area contributed by atoms with E-state index in [1.165, 1.54) is 0 Å². The van der Waals surface area contributed by atoms with Crippen molar-refractivity contribution < 1.29 is 9.90 Å². The van der Waals surface area contributed by atoms with Crippen LogP contribution in [0.25, 0.3) is 0 Å². The molecule has 0 saturated heterocycles. The number of allylic oxidation sites excluding steroid dienone is 2. The molecule has 0 aromatic rings. The van der Waals surface area contributed by atoms with Gasteiger partial charge in [-0.05, 0) is 61.3 Å². The number of nitrogens with zero attached hydrogens (tertiary/aromatic N) is 1. The standard InChI is InChI=1S/C19H27NO2/c1-12-13(2)16-17(3,7-5-9-20)15(21)6-8-19(16)10-14(12)18(4,22)11-19/h6,8,12-14,16,22H,5,7,10-11H2,1-4H3/t12-,13?,14?,16?,17-,18?,19?/m1/s1. The zero-order chi connectivity index (χ0) is 16.3. The number of nitriles is 1. The van der Waals surface area contributed by atoms with Crippen molar-refractivity contribution in [3.63, 3.8) is 0 Å². The van der Waals surface area contributed by atoms with E-state index in [0.717, 1.165) is 12.8 Å². The first-order chi connectivity index (χ1) is 10.2. The van der Waals surface area contributed by atoms with Crippen molar-refractivity contribution in [2.45, 2.75) is 59.0 Å². The number of rotatable bonds is 2. The van der Waals surface area contributed by atoms with Gasteiger partial charge in [-0.25, -0.2) is 0 Å². The van der Waals surface area contributed by atoms with Gasteiger partial charge in [-0.2, -0.15) is 5.26 Å². The number of aliphatic hydroxyl groups is 1. The minimum absolute atomic E-state index is 0.0712. The molecule has 0 aromatic heterocycles. The lowest BCUT2D eigenvalue weighted by molar-refractivity contribution is -0.137. The average Bonchev–Trinajstić information content (AvgIpc) is 2.68. The lowest BCUT2D eigenvalue weighted by Gasteiger charge is -2.55. The molecule has 1 spiro atoms. The Morgan fingerprint density at radius 3 is 2.68 bits per heavy atom. The predicted molar refractivity (Wildman–Crippen MR) is 84.7 cm³/mol. The first-order valence-electron chi connectivity index (χ1n) is 8.51. The van der Waals surface area contributed by atoms with Crippen LogP contribution in [-0.4, -0.2) is 16.5 Å². The van der Waals surface area contributed by atoms with E-state index in [1.807, 2.05) is 6.92 Å². The van der Waals surface area contributed by atoms with Gasteiger partial charge in [0.25, 0.3) is 0 Å². The third-order valence-electron chi connectivity index (χ3n) is 7.27. The van der Waals surface area contributed by atoms with Crippen molar-refractivity contribution in [2.75, 3.05) is 0 Å². The molecule has 3 heteroatoms. The maximum atomic E-state index is 12.7. The third kappa shape index (κ3) is 1.86. The first kappa shape index (κ1) is 15.7. The van der Waals surface area contributed by atoms with Gasteiger partial charge in [-0.15, -0.1) is 0 Å². The first-order valence-corrected chi connectivity index (χ1v) is 8.51. The molecule has 3 rings (SSSR count). The molecular formula is C19H27NO2. The molecular weight excluding hydrogens is 274 g/mol. The Kier molecular flexibility index (Phi) is 3.35. The van der Waals surface area contributed by atoms with E-state index in [-0.39, 0.29) is 17.1 Å². The van der Waals surface area contributed by atoms with Crippen molar-refractivity contribution in [3.8, 4) is 6.07 Å². The third-order valence-corrected chi connectivity index (χ3v) is 7.27. The molecule has 3 nitrogen and oxygen atoms in total. The molecule has 3 aliphatic rings. The monoisotopic (exact) mass is 301 g/mol. The van der Waals surface area contributed by atoms with Gasteiger partial charge in [-0.1, -0.05) is 26.8 Å². The SMILES string of the molecule is CC1C2C3(C=CC(=O)[C@@]2(C)CCC#N)CC([C@@H]1C)C(C)(O)C3. The Bertz CT molecular complexity index is 572. The van der Waals surface area contributed by atoms with E-state index < -0.39 is 11.0 Å². The molecule has 2 fully saturated rings. The van der Waals surface area contributed by atoms with Crippen molar-refractivity contribution in [1.29, 1.82) is 5.26 Å². The Balaban J connectivity index is 2.11. The molecule has 120 valence electrons. The van der Waals surface area contributed by atoms with Gasteiger partial charge in [0.15, 0.2) is 5.78 Å². The van der Waals surface area contributed by atoms with Crippen LogP contribution in [0.5, 0.6) is 0 Å². The van der Waals surface area contributed by atoms with Gasteiger partial charge in [-0.3, -0.25) is 4.79 Å². The summed E-state index contributed by atoms with van der Waals surface area (Å²) in [6.07, 6.45) is 6.62. The van der Waals surface area contributed by atoms with Crippen LogP contribution < -0.4 is 0 Å².